The summed E-state index contributed by atoms with van der Waals surface area (Å²) in [5.41, 5.74) is -0.731. The third kappa shape index (κ3) is 4.61. The molecule has 7 nitrogen and oxygen atoms in total. The highest BCUT2D eigenvalue weighted by Crippen LogP contribution is 2.70. The van der Waals surface area contributed by atoms with Crippen LogP contribution in [0, 0.1) is 35.5 Å². The van der Waals surface area contributed by atoms with Crippen LogP contribution in [0.15, 0.2) is 18.2 Å². The standard InChI is InChI=1S/C24H29F3O7S/c1-2-23(12-16-10-17(23)21-14-4-3-13(9-14)20(16)21)33-19-11-15(5-6-18(19)34-24(25,26)27)22(28)32-7-8-35(29,30)31/h5-6,11,13-14,16-17,20-21H,2-4,7-10,12H2,1H3,(H,29,30,31). The topological polar surface area (TPSA) is 99.1 Å². The van der Waals surface area contributed by atoms with Gasteiger partial charge < -0.3 is 14.2 Å². The summed E-state index contributed by atoms with van der Waals surface area (Å²) in [5, 5.41) is 0. The molecule has 1 N–H and O–H groups in total. The van der Waals surface area contributed by atoms with Crippen molar-refractivity contribution >= 4 is 16.1 Å². The average Bonchev–Trinajstić information content (AvgIpc) is 3.52. The van der Waals surface area contributed by atoms with Gasteiger partial charge in [0.05, 0.1) is 5.56 Å². The number of benzene rings is 1. The number of carbonyl (C=O) groups is 1. The van der Waals surface area contributed by atoms with E-state index in [0.717, 1.165) is 30.9 Å². The minimum absolute atomic E-state index is 0.0999. The fraction of sp³-hybridized carbons (Fsp3) is 0.708. The first-order valence-corrected chi connectivity index (χ1v) is 13.7. The highest BCUT2D eigenvalue weighted by atomic mass is 32.2. The van der Waals surface area contributed by atoms with E-state index in [4.69, 9.17) is 14.0 Å². The monoisotopic (exact) mass is 518 g/mol. The van der Waals surface area contributed by atoms with Gasteiger partial charge in [-0.05, 0) is 86.3 Å². The molecule has 4 bridgehead atoms. The Labute approximate surface area is 202 Å². The number of hydrogen-bond acceptors (Lipinski definition) is 6. The molecule has 7 atom stereocenters. The normalized spacial score (nSPS) is 35.2. The lowest BCUT2D eigenvalue weighted by Gasteiger charge is -2.46. The molecule has 35 heavy (non-hydrogen) atoms. The number of halogens is 3. The molecule has 0 aliphatic heterocycles. The second-order valence-corrected chi connectivity index (χ2v) is 12.0. The van der Waals surface area contributed by atoms with Crippen LogP contribution in [0.3, 0.4) is 0 Å². The van der Waals surface area contributed by atoms with Crippen LogP contribution in [0.4, 0.5) is 13.2 Å². The molecule has 4 aliphatic carbocycles. The minimum Gasteiger partial charge on any atom is -0.483 e. The van der Waals surface area contributed by atoms with Crippen LogP contribution in [-0.4, -0.2) is 43.3 Å². The Morgan fingerprint density at radius 1 is 1.11 bits per heavy atom. The summed E-state index contributed by atoms with van der Waals surface area (Å²) in [5.74, 6) is 0.957. The first-order chi connectivity index (χ1) is 16.4. The minimum atomic E-state index is -4.95. The van der Waals surface area contributed by atoms with E-state index >= 15 is 0 Å². The van der Waals surface area contributed by atoms with Crippen molar-refractivity contribution in [1.29, 1.82) is 0 Å². The van der Waals surface area contributed by atoms with Crippen molar-refractivity contribution in [3.05, 3.63) is 23.8 Å². The Morgan fingerprint density at radius 2 is 1.83 bits per heavy atom. The Bertz CT molecular complexity index is 1100. The van der Waals surface area contributed by atoms with Crippen molar-refractivity contribution in [2.45, 2.75) is 57.4 Å². The van der Waals surface area contributed by atoms with Gasteiger partial charge in [0.1, 0.15) is 18.0 Å². The summed E-state index contributed by atoms with van der Waals surface area (Å²) in [6.07, 6.45) is 1.21. The van der Waals surface area contributed by atoms with Gasteiger partial charge in [0.25, 0.3) is 10.1 Å². The lowest BCUT2D eigenvalue weighted by molar-refractivity contribution is -0.275. The zero-order valence-electron chi connectivity index (χ0n) is 19.3. The fourth-order valence-electron chi connectivity index (χ4n) is 7.76. The Morgan fingerprint density at radius 3 is 2.49 bits per heavy atom. The number of carbonyl (C=O) groups excluding carboxylic acids is 1. The van der Waals surface area contributed by atoms with E-state index in [1.54, 1.807) is 0 Å². The molecular formula is C24H29F3O7S. The van der Waals surface area contributed by atoms with E-state index in [1.807, 2.05) is 6.92 Å². The molecule has 1 aromatic rings. The average molecular weight is 519 g/mol. The summed E-state index contributed by atoms with van der Waals surface area (Å²) in [4.78, 5) is 12.4. The summed E-state index contributed by atoms with van der Waals surface area (Å²) < 4.78 is 85.4. The van der Waals surface area contributed by atoms with Crippen LogP contribution in [0.1, 0.15) is 55.8 Å². The SMILES string of the molecule is CCC1(Oc2cc(C(=O)OCCS(=O)(=O)O)ccc2OC(F)(F)F)CC2CC1C1C3CCC(C3)C21. The molecule has 7 unspecified atom stereocenters. The molecule has 0 amide bonds. The molecule has 0 radical (unpaired) electrons. The maximum atomic E-state index is 13.1. The van der Waals surface area contributed by atoms with Gasteiger partial charge in [-0.15, -0.1) is 13.2 Å². The number of hydrogen-bond donors (Lipinski definition) is 1. The number of rotatable bonds is 8. The number of fused-ring (bicyclic) bond motifs is 9. The van der Waals surface area contributed by atoms with Gasteiger partial charge in [0, 0.05) is 5.92 Å². The largest absolute Gasteiger partial charge is 0.573 e. The number of alkyl halides is 3. The summed E-state index contributed by atoms with van der Waals surface area (Å²) in [6.45, 7) is 1.39. The van der Waals surface area contributed by atoms with Crippen molar-refractivity contribution in [1.82, 2.24) is 0 Å². The van der Waals surface area contributed by atoms with Gasteiger partial charge >= 0.3 is 12.3 Å². The van der Waals surface area contributed by atoms with Gasteiger partial charge in [-0.1, -0.05) is 6.92 Å². The maximum Gasteiger partial charge on any atom is 0.573 e. The summed E-state index contributed by atoms with van der Waals surface area (Å²) in [7, 11) is -4.33. The van der Waals surface area contributed by atoms with Crippen molar-refractivity contribution in [3.63, 3.8) is 0 Å². The van der Waals surface area contributed by atoms with E-state index in [0.29, 0.717) is 30.1 Å². The van der Waals surface area contributed by atoms with Crippen LogP contribution < -0.4 is 9.47 Å². The van der Waals surface area contributed by atoms with Gasteiger partial charge in [0.2, 0.25) is 0 Å². The van der Waals surface area contributed by atoms with E-state index in [2.05, 4.69) is 4.74 Å². The molecule has 1 aromatic carbocycles. The smallest absolute Gasteiger partial charge is 0.483 e. The lowest BCUT2D eigenvalue weighted by Crippen LogP contribution is -2.48. The molecule has 5 rings (SSSR count). The number of esters is 1. The van der Waals surface area contributed by atoms with Crippen LogP contribution in [0.25, 0.3) is 0 Å². The van der Waals surface area contributed by atoms with E-state index in [9.17, 15) is 26.4 Å². The van der Waals surface area contributed by atoms with Gasteiger partial charge in [-0.25, -0.2) is 4.79 Å². The van der Waals surface area contributed by atoms with Crippen LogP contribution in [-0.2, 0) is 14.9 Å². The van der Waals surface area contributed by atoms with Crippen LogP contribution >= 0.6 is 0 Å². The molecule has 11 heteroatoms. The molecule has 194 valence electrons. The van der Waals surface area contributed by atoms with Gasteiger partial charge in [0.15, 0.2) is 11.5 Å². The van der Waals surface area contributed by atoms with Crippen LogP contribution in [0.2, 0.25) is 0 Å². The van der Waals surface area contributed by atoms with Crippen molar-refractivity contribution < 1.29 is 45.1 Å². The molecule has 4 aliphatic rings. The zero-order valence-corrected chi connectivity index (χ0v) is 20.1. The Hall–Kier alpha value is -2.01. The number of ether oxygens (including phenoxy) is 3. The predicted molar refractivity (Wildman–Crippen MR) is 117 cm³/mol. The predicted octanol–water partition coefficient (Wildman–Crippen LogP) is 4.86. The molecule has 0 saturated heterocycles. The van der Waals surface area contributed by atoms with Gasteiger partial charge in [-0.3, -0.25) is 4.55 Å². The molecule has 0 spiro atoms. The van der Waals surface area contributed by atoms with Crippen molar-refractivity contribution in [3.8, 4) is 11.5 Å². The molecule has 0 aromatic heterocycles. The van der Waals surface area contributed by atoms with Crippen molar-refractivity contribution in [2.75, 3.05) is 12.4 Å². The maximum absolute atomic E-state index is 13.1. The quantitative estimate of drug-likeness (QED) is 0.298. The fourth-order valence-corrected chi connectivity index (χ4v) is 8.05. The third-order valence-corrected chi connectivity index (χ3v) is 9.47. The third-order valence-electron chi connectivity index (χ3n) is 8.79. The second kappa shape index (κ2) is 8.54. The highest BCUT2D eigenvalue weighted by Gasteiger charge is 2.67. The molecule has 4 saturated carbocycles. The van der Waals surface area contributed by atoms with E-state index in [1.165, 1.54) is 25.3 Å². The molecule has 0 heterocycles. The molecule has 4 fully saturated rings. The molecular weight excluding hydrogens is 489 g/mol. The lowest BCUT2D eigenvalue weighted by atomic mass is 9.65. The first-order valence-electron chi connectivity index (χ1n) is 12.1. The first kappa shape index (κ1) is 24.7. The summed E-state index contributed by atoms with van der Waals surface area (Å²) >= 11 is 0. The highest BCUT2D eigenvalue weighted by molar-refractivity contribution is 7.85. The van der Waals surface area contributed by atoms with Gasteiger partial charge in [-0.2, -0.15) is 8.42 Å². The zero-order chi connectivity index (χ0) is 25.2. The van der Waals surface area contributed by atoms with Crippen LogP contribution in [0.5, 0.6) is 11.5 Å². The van der Waals surface area contributed by atoms with E-state index < -0.39 is 46.2 Å². The Balaban J connectivity index is 1.41. The summed E-state index contributed by atoms with van der Waals surface area (Å²) in [6, 6.07) is 3.28. The van der Waals surface area contributed by atoms with Crippen molar-refractivity contribution in [2.24, 2.45) is 35.5 Å². The second-order valence-electron chi connectivity index (χ2n) is 10.4. The van der Waals surface area contributed by atoms with E-state index in [-0.39, 0.29) is 17.2 Å². The Kier molecular flexibility index (Phi) is 6.02.